The molecule has 0 radical (unpaired) electrons. The maximum Gasteiger partial charge on any atom is 0.355 e. The van der Waals surface area contributed by atoms with Gasteiger partial charge in [-0.05, 0) is 18.9 Å². The Morgan fingerprint density at radius 1 is 1.00 bits per heavy atom. The summed E-state index contributed by atoms with van der Waals surface area (Å²) in [6.45, 7) is 2.25. The third-order valence-corrected chi connectivity index (χ3v) is 4.39. The van der Waals surface area contributed by atoms with Gasteiger partial charge in [0.15, 0.2) is 0 Å². The maximum atomic E-state index is 12.6. The predicted octanol–water partition coefficient (Wildman–Crippen LogP) is 2.46. The molecule has 1 aromatic heterocycles. The van der Waals surface area contributed by atoms with Crippen LogP contribution in [0.15, 0.2) is 24.3 Å². The van der Waals surface area contributed by atoms with Crippen molar-refractivity contribution >= 4 is 17.9 Å². The Hall–Kier alpha value is -3.09. The van der Waals surface area contributed by atoms with E-state index < -0.39 is 17.9 Å². The minimum Gasteiger partial charge on any atom is -0.465 e. The van der Waals surface area contributed by atoms with E-state index in [1.54, 1.807) is 11.5 Å². The molecular formula is C19H19NO6. The molecule has 1 aliphatic heterocycles. The van der Waals surface area contributed by atoms with Gasteiger partial charge in [-0.2, -0.15) is 0 Å². The van der Waals surface area contributed by atoms with Crippen LogP contribution in [-0.4, -0.2) is 43.3 Å². The molecule has 7 nitrogen and oxygen atoms in total. The van der Waals surface area contributed by atoms with Crippen LogP contribution >= 0.6 is 0 Å². The second-order valence-electron chi connectivity index (χ2n) is 5.71. The van der Waals surface area contributed by atoms with Crippen LogP contribution in [0.3, 0.4) is 0 Å². The van der Waals surface area contributed by atoms with E-state index in [0.717, 1.165) is 11.1 Å². The van der Waals surface area contributed by atoms with Crippen LogP contribution in [0.4, 0.5) is 0 Å². The molecule has 0 atom stereocenters. The van der Waals surface area contributed by atoms with Gasteiger partial charge in [-0.3, -0.25) is 0 Å². The lowest BCUT2D eigenvalue weighted by Crippen LogP contribution is -2.19. The second kappa shape index (κ2) is 7.03. The Kier molecular flexibility index (Phi) is 4.79. The van der Waals surface area contributed by atoms with Crippen LogP contribution in [0.1, 0.15) is 43.7 Å². The molecule has 26 heavy (non-hydrogen) atoms. The van der Waals surface area contributed by atoms with Crippen molar-refractivity contribution in [1.82, 2.24) is 4.57 Å². The molecule has 1 aromatic carbocycles. The van der Waals surface area contributed by atoms with Gasteiger partial charge in [-0.25, -0.2) is 14.4 Å². The summed E-state index contributed by atoms with van der Waals surface area (Å²) in [7, 11) is 2.43. The fourth-order valence-electron chi connectivity index (χ4n) is 3.34. The third kappa shape index (κ3) is 2.65. The molecule has 0 amide bonds. The highest BCUT2D eigenvalue weighted by Crippen LogP contribution is 2.38. The van der Waals surface area contributed by atoms with Gasteiger partial charge in [0.25, 0.3) is 0 Å². The quantitative estimate of drug-likeness (QED) is 0.617. The van der Waals surface area contributed by atoms with E-state index in [2.05, 4.69) is 0 Å². The molecule has 7 heteroatoms. The van der Waals surface area contributed by atoms with Gasteiger partial charge in [0.2, 0.25) is 0 Å². The highest BCUT2D eigenvalue weighted by molar-refractivity contribution is 6.14. The number of esters is 3. The van der Waals surface area contributed by atoms with Crippen molar-refractivity contribution in [3.05, 3.63) is 46.6 Å². The standard InChI is InChI=1S/C19H19NO6/c1-4-26-19(23)16-14(18(22)25-3)13(17(21)24-2)15-12-8-6-5-7-11(12)9-10-20(15)16/h5-8H,4,9-10H2,1-3H3. The van der Waals surface area contributed by atoms with Crippen molar-refractivity contribution in [3.63, 3.8) is 0 Å². The smallest absolute Gasteiger partial charge is 0.355 e. The molecule has 0 fully saturated rings. The molecular weight excluding hydrogens is 338 g/mol. The number of ether oxygens (including phenoxy) is 3. The van der Waals surface area contributed by atoms with Crippen LogP contribution in [0.5, 0.6) is 0 Å². The first-order chi connectivity index (χ1) is 12.5. The zero-order chi connectivity index (χ0) is 18.8. The maximum absolute atomic E-state index is 12.6. The Labute approximate surface area is 150 Å². The van der Waals surface area contributed by atoms with E-state index in [9.17, 15) is 14.4 Å². The van der Waals surface area contributed by atoms with E-state index in [1.165, 1.54) is 14.2 Å². The van der Waals surface area contributed by atoms with Crippen molar-refractivity contribution in [2.45, 2.75) is 19.9 Å². The van der Waals surface area contributed by atoms with Crippen molar-refractivity contribution in [1.29, 1.82) is 0 Å². The number of rotatable bonds is 4. The van der Waals surface area contributed by atoms with Crippen LogP contribution in [-0.2, 0) is 27.2 Å². The molecule has 2 aromatic rings. The number of fused-ring (bicyclic) bond motifs is 3. The highest BCUT2D eigenvalue weighted by Gasteiger charge is 2.38. The van der Waals surface area contributed by atoms with Crippen LogP contribution < -0.4 is 0 Å². The summed E-state index contributed by atoms with van der Waals surface area (Å²) in [4.78, 5) is 37.6. The number of hydrogen-bond acceptors (Lipinski definition) is 6. The number of nitrogens with zero attached hydrogens (tertiary/aromatic N) is 1. The number of aryl methyl sites for hydroxylation is 1. The van der Waals surface area contributed by atoms with E-state index in [0.29, 0.717) is 18.7 Å². The number of aromatic nitrogens is 1. The van der Waals surface area contributed by atoms with Crippen molar-refractivity contribution in [2.75, 3.05) is 20.8 Å². The van der Waals surface area contributed by atoms with E-state index >= 15 is 0 Å². The average Bonchev–Trinajstić information content (AvgIpc) is 3.02. The van der Waals surface area contributed by atoms with Gasteiger partial charge >= 0.3 is 17.9 Å². The molecule has 0 saturated carbocycles. The minimum absolute atomic E-state index is 0.0172. The minimum atomic E-state index is -0.784. The Morgan fingerprint density at radius 2 is 1.65 bits per heavy atom. The Bertz CT molecular complexity index is 896. The normalized spacial score (nSPS) is 12.0. The lowest BCUT2D eigenvalue weighted by molar-refractivity contribution is 0.0490. The van der Waals surface area contributed by atoms with Crippen LogP contribution in [0.25, 0.3) is 11.3 Å². The molecule has 0 N–H and O–H groups in total. The lowest BCUT2D eigenvalue weighted by Gasteiger charge is -2.21. The molecule has 1 aliphatic rings. The fraction of sp³-hybridized carbons (Fsp3) is 0.316. The summed E-state index contributed by atoms with van der Waals surface area (Å²) in [5.41, 5.74) is 2.19. The topological polar surface area (TPSA) is 83.8 Å². The van der Waals surface area contributed by atoms with Crippen LogP contribution in [0.2, 0.25) is 0 Å². The molecule has 0 saturated heterocycles. The molecule has 3 rings (SSSR count). The van der Waals surface area contributed by atoms with Crippen molar-refractivity contribution in [3.8, 4) is 11.3 Å². The van der Waals surface area contributed by atoms with E-state index in [-0.39, 0.29) is 23.4 Å². The number of carbonyl (C=O) groups excluding carboxylic acids is 3. The van der Waals surface area contributed by atoms with Gasteiger partial charge < -0.3 is 18.8 Å². The lowest BCUT2D eigenvalue weighted by atomic mass is 9.95. The van der Waals surface area contributed by atoms with E-state index in [1.807, 2.05) is 24.3 Å². The highest BCUT2D eigenvalue weighted by atomic mass is 16.5. The first kappa shape index (κ1) is 17.7. The Morgan fingerprint density at radius 3 is 2.31 bits per heavy atom. The van der Waals surface area contributed by atoms with Gasteiger partial charge in [0, 0.05) is 12.1 Å². The SMILES string of the molecule is CCOC(=O)c1c(C(=O)OC)c(C(=O)OC)c2n1CCc1ccccc1-2. The summed E-state index contributed by atoms with van der Waals surface area (Å²) >= 11 is 0. The van der Waals surface area contributed by atoms with Gasteiger partial charge in [0.05, 0.1) is 26.5 Å². The summed E-state index contributed by atoms with van der Waals surface area (Å²) in [5.74, 6) is -2.17. The number of hydrogen-bond donors (Lipinski definition) is 0. The number of carbonyl (C=O) groups is 3. The summed E-state index contributed by atoms with van der Waals surface area (Å²) < 4.78 is 16.5. The second-order valence-corrected chi connectivity index (χ2v) is 5.71. The van der Waals surface area contributed by atoms with Crippen molar-refractivity contribution < 1.29 is 28.6 Å². The van der Waals surface area contributed by atoms with Gasteiger partial charge in [-0.15, -0.1) is 0 Å². The fourth-order valence-corrected chi connectivity index (χ4v) is 3.34. The summed E-state index contributed by atoms with van der Waals surface area (Å²) in [5, 5.41) is 0. The zero-order valence-corrected chi connectivity index (χ0v) is 14.8. The third-order valence-electron chi connectivity index (χ3n) is 4.39. The molecule has 136 valence electrons. The molecule has 2 heterocycles. The zero-order valence-electron chi connectivity index (χ0n) is 14.8. The van der Waals surface area contributed by atoms with E-state index in [4.69, 9.17) is 14.2 Å². The molecule has 0 aliphatic carbocycles. The van der Waals surface area contributed by atoms with Crippen LogP contribution in [0, 0.1) is 0 Å². The van der Waals surface area contributed by atoms with Gasteiger partial charge in [0.1, 0.15) is 16.8 Å². The van der Waals surface area contributed by atoms with Crippen molar-refractivity contribution in [2.24, 2.45) is 0 Å². The average molecular weight is 357 g/mol. The van der Waals surface area contributed by atoms with Gasteiger partial charge in [-0.1, -0.05) is 24.3 Å². The molecule has 0 unspecified atom stereocenters. The molecule has 0 spiro atoms. The Balaban J connectivity index is 2.41. The number of methoxy groups -OCH3 is 2. The predicted molar refractivity (Wildman–Crippen MR) is 92.2 cm³/mol. The molecule has 0 bridgehead atoms. The first-order valence-corrected chi connectivity index (χ1v) is 8.23. The summed E-state index contributed by atoms with van der Waals surface area (Å²) in [6, 6.07) is 7.55. The largest absolute Gasteiger partial charge is 0.465 e. The monoisotopic (exact) mass is 357 g/mol. The number of benzene rings is 1. The summed E-state index contributed by atoms with van der Waals surface area (Å²) in [6.07, 6.45) is 0.658. The first-order valence-electron chi connectivity index (χ1n) is 8.23.